The highest BCUT2D eigenvalue weighted by atomic mass is 15.1. The Morgan fingerprint density at radius 2 is 0.933 bits per heavy atom. The molecule has 0 rings (SSSR count). The molecule has 1 nitrogen and oxygen atoms in total. The molecule has 0 spiro atoms. The van der Waals surface area contributed by atoms with Crippen molar-refractivity contribution in [3.63, 3.8) is 0 Å². The quantitative estimate of drug-likeness (QED) is 0.522. The molecule has 0 radical (unpaired) electrons. The van der Waals surface area contributed by atoms with Crippen LogP contribution in [0.2, 0.25) is 0 Å². The zero-order valence-corrected chi connectivity index (χ0v) is 11.0. The van der Waals surface area contributed by atoms with Gasteiger partial charge in [0.25, 0.3) is 0 Å². The molecule has 15 heavy (non-hydrogen) atoms. The van der Waals surface area contributed by atoms with E-state index in [1.807, 2.05) is 0 Å². The molecule has 0 N–H and O–H groups in total. The fraction of sp³-hybridized carbons (Fsp3) is 0.857. The van der Waals surface area contributed by atoms with E-state index >= 15 is 0 Å². The van der Waals surface area contributed by atoms with Gasteiger partial charge >= 0.3 is 0 Å². The Bertz CT molecular complexity index is 98.7. The Morgan fingerprint density at radius 1 is 0.667 bits per heavy atom. The molecule has 0 atom stereocenters. The number of hydrogen-bond donors (Lipinski definition) is 0. The van der Waals surface area contributed by atoms with E-state index in [4.69, 9.17) is 0 Å². The number of hydrogen-bond acceptors (Lipinski definition) is 1. The van der Waals surface area contributed by atoms with Crippen molar-refractivity contribution in [1.82, 2.24) is 4.90 Å². The van der Waals surface area contributed by atoms with Gasteiger partial charge < -0.3 is 4.90 Å². The molecule has 0 bridgehead atoms. The Kier molecular flexibility index (Phi) is 18.0. The predicted molar refractivity (Wildman–Crippen MR) is 71.1 cm³/mol. The Balaban J connectivity index is 0. The molecule has 1 heteroatoms. The van der Waals surface area contributed by atoms with Gasteiger partial charge in [-0.2, -0.15) is 0 Å². The molecule has 0 saturated carbocycles. The highest BCUT2D eigenvalue weighted by molar-refractivity contribution is 4.57. The fourth-order valence-corrected chi connectivity index (χ4v) is 1.48. The summed E-state index contributed by atoms with van der Waals surface area (Å²) < 4.78 is 0. The van der Waals surface area contributed by atoms with Crippen molar-refractivity contribution < 1.29 is 0 Å². The molecule has 0 saturated heterocycles. The van der Waals surface area contributed by atoms with Crippen LogP contribution in [0, 0.1) is 12.8 Å². The van der Waals surface area contributed by atoms with Crippen LogP contribution in [0.1, 0.15) is 59.3 Å². The zero-order valence-electron chi connectivity index (χ0n) is 11.0. The molecule has 0 unspecified atom stereocenters. The average molecular weight is 211 g/mol. The van der Waals surface area contributed by atoms with Gasteiger partial charge in [-0.25, -0.2) is 0 Å². The van der Waals surface area contributed by atoms with Gasteiger partial charge in [-0.05, 0) is 38.9 Å². The highest BCUT2D eigenvalue weighted by Crippen LogP contribution is 2.01. The van der Waals surface area contributed by atoms with E-state index in [-0.39, 0.29) is 0 Å². The first kappa shape index (κ1) is 16.9. The van der Waals surface area contributed by atoms with Gasteiger partial charge in [0.1, 0.15) is 0 Å². The molecule has 0 heterocycles. The molecule has 0 aliphatic heterocycles. The van der Waals surface area contributed by atoms with Gasteiger partial charge in [-0.3, -0.25) is 0 Å². The van der Waals surface area contributed by atoms with Crippen LogP contribution in [-0.2, 0) is 0 Å². The third-order valence-electron chi connectivity index (χ3n) is 2.48. The standard InChI is InChI=1S/C12H27N.C2H2/c1-4-7-10-13(11-8-5-2)12-9-6-3;1-2/h4-12H2,1-3H3;1-2H. The summed E-state index contributed by atoms with van der Waals surface area (Å²) in [5, 5.41) is 0. The van der Waals surface area contributed by atoms with E-state index in [9.17, 15) is 0 Å². The maximum absolute atomic E-state index is 4.00. The third kappa shape index (κ3) is 13.5. The smallest absolute Gasteiger partial charge is 0.00188 e. The summed E-state index contributed by atoms with van der Waals surface area (Å²) in [6, 6.07) is 0. The van der Waals surface area contributed by atoms with Crippen molar-refractivity contribution in [1.29, 1.82) is 0 Å². The molecule has 0 fully saturated rings. The van der Waals surface area contributed by atoms with Gasteiger partial charge in [-0.1, -0.05) is 40.0 Å². The second kappa shape index (κ2) is 16.0. The van der Waals surface area contributed by atoms with Crippen LogP contribution in [0.15, 0.2) is 0 Å². The van der Waals surface area contributed by atoms with E-state index in [1.54, 1.807) is 0 Å². The number of nitrogens with zero attached hydrogens (tertiary/aromatic N) is 1. The van der Waals surface area contributed by atoms with E-state index in [2.05, 4.69) is 38.5 Å². The maximum atomic E-state index is 4.00. The lowest BCUT2D eigenvalue weighted by molar-refractivity contribution is 0.261. The molecule has 0 aliphatic carbocycles. The Morgan fingerprint density at radius 3 is 1.13 bits per heavy atom. The summed E-state index contributed by atoms with van der Waals surface area (Å²) >= 11 is 0. The average Bonchev–Trinajstić information content (AvgIpc) is 2.31. The van der Waals surface area contributed by atoms with E-state index in [0.29, 0.717) is 0 Å². The lowest BCUT2D eigenvalue weighted by Crippen LogP contribution is -2.27. The first-order chi connectivity index (χ1) is 7.35. The summed E-state index contributed by atoms with van der Waals surface area (Å²) in [6.45, 7) is 10.8. The molecule has 0 aliphatic rings. The summed E-state index contributed by atoms with van der Waals surface area (Å²) in [5.41, 5.74) is 0. The van der Waals surface area contributed by atoms with Gasteiger partial charge in [0.2, 0.25) is 0 Å². The van der Waals surface area contributed by atoms with E-state index < -0.39 is 0 Å². The minimum Gasteiger partial charge on any atom is -0.303 e. The van der Waals surface area contributed by atoms with E-state index in [1.165, 1.54) is 58.2 Å². The predicted octanol–water partition coefficient (Wildman–Crippen LogP) is 3.94. The molecule has 0 aromatic rings. The van der Waals surface area contributed by atoms with Crippen LogP contribution >= 0.6 is 0 Å². The fourth-order valence-electron chi connectivity index (χ4n) is 1.48. The number of unbranched alkanes of at least 4 members (excludes halogenated alkanes) is 3. The van der Waals surface area contributed by atoms with Crippen LogP contribution in [0.3, 0.4) is 0 Å². The summed E-state index contributed by atoms with van der Waals surface area (Å²) in [4.78, 5) is 2.64. The largest absolute Gasteiger partial charge is 0.303 e. The molecule has 0 aromatic heterocycles. The second-order valence-corrected chi connectivity index (χ2v) is 3.90. The van der Waals surface area contributed by atoms with Crippen molar-refractivity contribution in [3.05, 3.63) is 0 Å². The van der Waals surface area contributed by atoms with Gasteiger partial charge in [0.05, 0.1) is 0 Å². The molecular formula is C14H29N. The minimum absolute atomic E-state index is 1.32. The van der Waals surface area contributed by atoms with E-state index in [0.717, 1.165) is 0 Å². The summed E-state index contributed by atoms with van der Waals surface area (Å²) in [6.07, 6.45) is 16.1. The molecule has 0 amide bonds. The van der Waals surface area contributed by atoms with Crippen molar-refractivity contribution in [2.45, 2.75) is 59.3 Å². The molecular weight excluding hydrogens is 182 g/mol. The maximum Gasteiger partial charge on any atom is -0.00188 e. The molecule has 90 valence electrons. The minimum atomic E-state index is 1.32. The third-order valence-corrected chi connectivity index (χ3v) is 2.48. The monoisotopic (exact) mass is 211 g/mol. The van der Waals surface area contributed by atoms with Crippen molar-refractivity contribution in [3.8, 4) is 12.8 Å². The normalized spacial score (nSPS) is 9.73. The topological polar surface area (TPSA) is 3.24 Å². The Hall–Kier alpha value is -0.480. The van der Waals surface area contributed by atoms with Crippen LogP contribution < -0.4 is 0 Å². The first-order valence-corrected chi connectivity index (χ1v) is 6.40. The van der Waals surface area contributed by atoms with Gasteiger partial charge in [0.15, 0.2) is 0 Å². The number of terminal acetylenes is 1. The SMILES string of the molecule is C#C.CCCCN(CCCC)CCCC. The van der Waals surface area contributed by atoms with Crippen LogP contribution in [0.25, 0.3) is 0 Å². The summed E-state index contributed by atoms with van der Waals surface area (Å²) in [7, 11) is 0. The Labute approximate surface area is 97.2 Å². The first-order valence-electron chi connectivity index (χ1n) is 6.40. The zero-order chi connectivity index (χ0) is 11.9. The van der Waals surface area contributed by atoms with Crippen molar-refractivity contribution in [2.75, 3.05) is 19.6 Å². The van der Waals surface area contributed by atoms with Gasteiger partial charge in [0, 0.05) is 0 Å². The van der Waals surface area contributed by atoms with Gasteiger partial charge in [-0.15, -0.1) is 12.8 Å². The highest BCUT2D eigenvalue weighted by Gasteiger charge is 2.01. The lowest BCUT2D eigenvalue weighted by atomic mass is 10.2. The van der Waals surface area contributed by atoms with Crippen molar-refractivity contribution >= 4 is 0 Å². The summed E-state index contributed by atoms with van der Waals surface area (Å²) in [5.74, 6) is 0. The van der Waals surface area contributed by atoms with Crippen LogP contribution in [0.4, 0.5) is 0 Å². The number of rotatable bonds is 9. The second-order valence-electron chi connectivity index (χ2n) is 3.90. The van der Waals surface area contributed by atoms with Crippen LogP contribution in [0.5, 0.6) is 0 Å². The van der Waals surface area contributed by atoms with Crippen LogP contribution in [-0.4, -0.2) is 24.5 Å². The lowest BCUT2D eigenvalue weighted by Gasteiger charge is -2.21. The molecule has 0 aromatic carbocycles. The van der Waals surface area contributed by atoms with Crippen molar-refractivity contribution in [2.24, 2.45) is 0 Å².